The molecule has 0 saturated carbocycles. The van der Waals surface area contributed by atoms with Crippen molar-refractivity contribution in [1.29, 1.82) is 0 Å². The first kappa shape index (κ1) is 28.7. The summed E-state index contributed by atoms with van der Waals surface area (Å²) in [6.45, 7) is 4.47. The van der Waals surface area contributed by atoms with Crippen LogP contribution in [0.5, 0.6) is 0 Å². The van der Waals surface area contributed by atoms with Gasteiger partial charge in [-0.2, -0.15) is 0 Å². The van der Waals surface area contributed by atoms with Gasteiger partial charge in [-0.25, -0.2) is 4.98 Å². The Morgan fingerprint density at radius 3 is 1.78 bits per heavy atom. The number of hydrogen-bond acceptors (Lipinski definition) is 1. The van der Waals surface area contributed by atoms with Crippen molar-refractivity contribution in [3.05, 3.63) is 194 Å². The standard InChI is InChI=1S/C46H33N3/c1-32(34-24-26-36(27-25-34)46-47-42-17-9-11-19-45(42)49(46)39-14-6-3-7-15-39)30-33-20-22-35(23-21-33)37-28-29-44-41(31-37)40-16-8-10-18-43(40)48(44)38-12-4-2-5-13-38/h2-29,31H,1,30H2. The summed E-state index contributed by atoms with van der Waals surface area (Å²) in [6, 6.07) is 62.4. The maximum absolute atomic E-state index is 5.02. The summed E-state index contributed by atoms with van der Waals surface area (Å²) in [5.41, 5.74) is 13.7. The number of para-hydroxylation sites is 5. The monoisotopic (exact) mass is 627 g/mol. The quantitative estimate of drug-likeness (QED) is 0.172. The van der Waals surface area contributed by atoms with E-state index in [9.17, 15) is 0 Å². The summed E-state index contributed by atoms with van der Waals surface area (Å²) in [5.74, 6) is 0.933. The van der Waals surface area contributed by atoms with Gasteiger partial charge in [-0.3, -0.25) is 4.57 Å². The van der Waals surface area contributed by atoms with Crippen LogP contribution in [0, 0.1) is 0 Å². The number of hydrogen-bond donors (Lipinski definition) is 0. The number of benzene rings is 7. The molecule has 3 nitrogen and oxygen atoms in total. The molecule has 2 heterocycles. The second-order valence-electron chi connectivity index (χ2n) is 12.6. The maximum Gasteiger partial charge on any atom is 0.145 e. The van der Waals surface area contributed by atoms with E-state index in [1.165, 1.54) is 44.2 Å². The Hall–Kier alpha value is -6.45. The molecule has 2 aromatic heterocycles. The number of aromatic nitrogens is 3. The zero-order chi connectivity index (χ0) is 32.7. The molecule has 0 bridgehead atoms. The summed E-state index contributed by atoms with van der Waals surface area (Å²) in [6.07, 6.45) is 0.783. The molecule has 0 N–H and O–H groups in total. The second kappa shape index (κ2) is 12.0. The Balaban J connectivity index is 0.969. The van der Waals surface area contributed by atoms with Crippen molar-refractivity contribution in [1.82, 2.24) is 14.1 Å². The first-order valence-corrected chi connectivity index (χ1v) is 16.7. The molecule has 0 atom stereocenters. The van der Waals surface area contributed by atoms with Gasteiger partial charge in [0.05, 0.1) is 22.1 Å². The lowest BCUT2D eigenvalue weighted by molar-refractivity contribution is 1.10. The van der Waals surface area contributed by atoms with Gasteiger partial charge in [0.1, 0.15) is 5.82 Å². The highest BCUT2D eigenvalue weighted by atomic mass is 15.1. The van der Waals surface area contributed by atoms with Crippen molar-refractivity contribution in [2.75, 3.05) is 0 Å². The van der Waals surface area contributed by atoms with E-state index in [4.69, 9.17) is 4.98 Å². The van der Waals surface area contributed by atoms with Crippen LogP contribution >= 0.6 is 0 Å². The molecule has 0 fully saturated rings. The predicted octanol–water partition coefficient (Wildman–Crippen LogP) is 11.7. The number of rotatable bonds is 7. The smallest absolute Gasteiger partial charge is 0.145 e. The van der Waals surface area contributed by atoms with E-state index in [0.717, 1.165) is 45.7 Å². The van der Waals surface area contributed by atoms with Crippen LogP contribution in [0.1, 0.15) is 11.1 Å². The summed E-state index contributed by atoms with van der Waals surface area (Å²) in [5, 5.41) is 2.52. The zero-order valence-electron chi connectivity index (χ0n) is 27.0. The number of nitrogens with zero attached hydrogens (tertiary/aromatic N) is 3. The van der Waals surface area contributed by atoms with Crippen molar-refractivity contribution in [3.63, 3.8) is 0 Å². The average Bonchev–Trinajstić information content (AvgIpc) is 3.72. The van der Waals surface area contributed by atoms with Gasteiger partial charge in [-0.1, -0.05) is 128 Å². The van der Waals surface area contributed by atoms with Crippen molar-refractivity contribution >= 4 is 38.4 Å². The van der Waals surface area contributed by atoms with Gasteiger partial charge < -0.3 is 4.57 Å². The normalized spacial score (nSPS) is 11.4. The van der Waals surface area contributed by atoms with Gasteiger partial charge in [0, 0.05) is 27.7 Å². The maximum atomic E-state index is 5.02. The van der Waals surface area contributed by atoms with E-state index in [0.29, 0.717) is 0 Å². The molecule has 9 rings (SSSR count). The molecule has 0 unspecified atom stereocenters. The molecule has 0 aliphatic heterocycles. The fourth-order valence-corrected chi connectivity index (χ4v) is 7.08. The Morgan fingerprint density at radius 1 is 0.469 bits per heavy atom. The van der Waals surface area contributed by atoms with Crippen LogP contribution in [0.2, 0.25) is 0 Å². The first-order valence-electron chi connectivity index (χ1n) is 16.7. The van der Waals surface area contributed by atoms with Gasteiger partial charge in [0.2, 0.25) is 0 Å². The second-order valence-corrected chi connectivity index (χ2v) is 12.6. The first-order chi connectivity index (χ1) is 24.2. The molecule has 3 heteroatoms. The van der Waals surface area contributed by atoms with Crippen LogP contribution in [0.25, 0.3) is 72.3 Å². The summed E-state index contributed by atoms with van der Waals surface area (Å²) >= 11 is 0. The largest absolute Gasteiger partial charge is 0.309 e. The predicted molar refractivity (Wildman–Crippen MR) is 205 cm³/mol. The fraction of sp³-hybridized carbons (Fsp3) is 0.0217. The third-order valence-electron chi connectivity index (χ3n) is 9.52. The summed E-state index contributed by atoms with van der Waals surface area (Å²) in [7, 11) is 0. The van der Waals surface area contributed by atoms with Crippen LogP contribution < -0.4 is 0 Å². The van der Waals surface area contributed by atoms with Crippen LogP contribution in [-0.4, -0.2) is 14.1 Å². The lowest BCUT2D eigenvalue weighted by Gasteiger charge is -2.11. The molecule has 0 amide bonds. The average molecular weight is 628 g/mol. The Labute approximate surface area is 285 Å². The molecule has 49 heavy (non-hydrogen) atoms. The highest BCUT2D eigenvalue weighted by Gasteiger charge is 2.15. The van der Waals surface area contributed by atoms with Crippen molar-refractivity contribution in [2.24, 2.45) is 0 Å². The van der Waals surface area contributed by atoms with E-state index in [2.05, 4.69) is 180 Å². The minimum Gasteiger partial charge on any atom is -0.309 e. The van der Waals surface area contributed by atoms with Gasteiger partial charge >= 0.3 is 0 Å². The molecular weight excluding hydrogens is 595 g/mol. The van der Waals surface area contributed by atoms with Gasteiger partial charge in [-0.15, -0.1) is 0 Å². The third-order valence-corrected chi connectivity index (χ3v) is 9.52. The SMILES string of the molecule is C=C(Cc1ccc(-c2ccc3c(c2)c2ccccc2n3-c2ccccc2)cc1)c1ccc(-c2nc3ccccc3n2-c2ccccc2)cc1. The fourth-order valence-electron chi connectivity index (χ4n) is 7.08. The molecule has 0 aliphatic rings. The van der Waals surface area contributed by atoms with Crippen LogP contribution in [0.3, 0.4) is 0 Å². The Bertz CT molecular complexity index is 2610. The molecule has 7 aromatic carbocycles. The van der Waals surface area contributed by atoms with E-state index >= 15 is 0 Å². The summed E-state index contributed by atoms with van der Waals surface area (Å²) < 4.78 is 4.59. The summed E-state index contributed by atoms with van der Waals surface area (Å²) in [4.78, 5) is 5.02. The van der Waals surface area contributed by atoms with Crippen molar-refractivity contribution in [2.45, 2.75) is 6.42 Å². The van der Waals surface area contributed by atoms with Gasteiger partial charge in [-0.05, 0) is 88.8 Å². The molecule has 0 saturated heterocycles. The third kappa shape index (κ3) is 5.13. The van der Waals surface area contributed by atoms with E-state index in [1.807, 2.05) is 12.1 Å². The van der Waals surface area contributed by atoms with E-state index < -0.39 is 0 Å². The van der Waals surface area contributed by atoms with Crippen LogP contribution in [-0.2, 0) is 6.42 Å². The number of imidazole rings is 1. The Kier molecular flexibility index (Phi) is 7.02. The zero-order valence-corrected chi connectivity index (χ0v) is 27.0. The number of fused-ring (bicyclic) bond motifs is 4. The minimum atomic E-state index is 0.783. The van der Waals surface area contributed by atoms with Gasteiger partial charge in [0.15, 0.2) is 0 Å². The molecule has 0 spiro atoms. The Morgan fingerprint density at radius 2 is 1.04 bits per heavy atom. The van der Waals surface area contributed by atoms with Crippen molar-refractivity contribution in [3.8, 4) is 33.9 Å². The van der Waals surface area contributed by atoms with E-state index in [-0.39, 0.29) is 0 Å². The molecule has 0 radical (unpaired) electrons. The number of allylic oxidation sites excluding steroid dienone is 1. The van der Waals surface area contributed by atoms with Crippen LogP contribution in [0.15, 0.2) is 183 Å². The minimum absolute atomic E-state index is 0.783. The molecule has 232 valence electrons. The molecule has 9 aromatic rings. The topological polar surface area (TPSA) is 22.8 Å². The van der Waals surface area contributed by atoms with Crippen LogP contribution in [0.4, 0.5) is 0 Å². The lowest BCUT2D eigenvalue weighted by atomic mass is 9.96. The highest BCUT2D eigenvalue weighted by molar-refractivity contribution is 6.10. The van der Waals surface area contributed by atoms with E-state index in [1.54, 1.807) is 0 Å². The molecular formula is C46H33N3. The molecule has 0 aliphatic carbocycles. The highest BCUT2D eigenvalue weighted by Crippen LogP contribution is 2.35. The lowest BCUT2D eigenvalue weighted by Crippen LogP contribution is -1.97. The van der Waals surface area contributed by atoms with Crippen molar-refractivity contribution < 1.29 is 0 Å². The van der Waals surface area contributed by atoms with Gasteiger partial charge in [0.25, 0.3) is 0 Å².